The summed E-state index contributed by atoms with van der Waals surface area (Å²) in [6.07, 6.45) is 0. The fourth-order valence-electron chi connectivity index (χ4n) is 2.86. The van der Waals surface area contributed by atoms with Gasteiger partial charge in [-0.15, -0.1) is 11.3 Å². The van der Waals surface area contributed by atoms with Crippen molar-refractivity contribution in [2.45, 2.75) is 31.6 Å². The number of β-lactam (4-membered cyclic amide) rings is 1. The first-order valence-electron chi connectivity index (χ1n) is 8.69. The van der Waals surface area contributed by atoms with Crippen LogP contribution in [-0.4, -0.2) is 72.5 Å². The number of hydrogen-bond donors (Lipinski definition) is 3. The quantitative estimate of drug-likeness (QED) is 0.164. The Bertz CT molecular complexity index is 1000. The number of thiazole rings is 1. The summed E-state index contributed by atoms with van der Waals surface area (Å²) in [5.74, 6) is -3.61. The monoisotopic (exact) mass is 500 g/mol. The summed E-state index contributed by atoms with van der Waals surface area (Å²) in [7, 11) is -8.37. The zero-order chi connectivity index (χ0) is 23.6. The van der Waals surface area contributed by atoms with Gasteiger partial charge in [0.2, 0.25) is 5.91 Å². The fraction of sp³-hybridized carbons (Fsp3) is 0.571. The minimum absolute atomic E-state index is 0.0528. The van der Waals surface area contributed by atoms with E-state index in [1.807, 2.05) is 0 Å². The molecule has 14 nitrogen and oxygen atoms in total. The van der Waals surface area contributed by atoms with Crippen molar-refractivity contribution < 1.29 is 45.7 Å². The molecule has 3 atom stereocenters. The van der Waals surface area contributed by atoms with E-state index < -0.39 is 53.4 Å². The van der Waals surface area contributed by atoms with E-state index in [9.17, 15) is 31.9 Å². The number of nitrogens with zero attached hydrogens (tertiary/aromatic N) is 2. The maximum atomic E-state index is 13.3. The standard InChI is InChI=1S/C14H21N4O10PS2/c1-4-27-29(22,28-5-2)10(7-6-30-14(15)16-7)11(19)17-8-9(13(21)26-3)18(12(8)20)31(23,24)25/h6,8-10H,4-5H2,1-3H3,(H2,15,16)(H,17,19)(H,23,24,25)/t8-,9-,10?/m1/s1. The van der Waals surface area contributed by atoms with Crippen LogP contribution in [0.1, 0.15) is 25.2 Å². The number of carbonyl (C=O) groups excluding carboxylic acids is 3. The third kappa shape index (κ3) is 5.05. The molecule has 0 saturated carbocycles. The maximum Gasteiger partial charge on any atom is 0.363 e. The molecule has 1 unspecified atom stereocenters. The molecule has 2 heterocycles. The minimum Gasteiger partial charge on any atom is -0.467 e. The lowest BCUT2D eigenvalue weighted by Crippen LogP contribution is -2.74. The van der Waals surface area contributed by atoms with Crippen LogP contribution in [0.5, 0.6) is 0 Å². The van der Waals surface area contributed by atoms with Gasteiger partial charge in [-0.1, -0.05) is 0 Å². The summed E-state index contributed by atoms with van der Waals surface area (Å²) < 4.78 is 60.1. The van der Waals surface area contributed by atoms with Crippen molar-refractivity contribution in [1.29, 1.82) is 0 Å². The van der Waals surface area contributed by atoms with E-state index in [1.54, 1.807) is 0 Å². The number of hydrogen-bond acceptors (Lipinski definition) is 12. The van der Waals surface area contributed by atoms with Gasteiger partial charge in [0.15, 0.2) is 16.8 Å². The van der Waals surface area contributed by atoms with Crippen molar-refractivity contribution in [3.05, 3.63) is 11.1 Å². The van der Waals surface area contributed by atoms with Crippen molar-refractivity contribution in [1.82, 2.24) is 14.6 Å². The van der Waals surface area contributed by atoms with Gasteiger partial charge in [-0.25, -0.2) is 9.78 Å². The Morgan fingerprint density at radius 3 is 2.39 bits per heavy atom. The number of nitrogens with one attached hydrogen (secondary N) is 1. The highest BCUT2D eigenvalue weighted by molar-refractivity contribution is 7.84. The van der Waals surface area contributed by atoms with E-state index in [0.717, 1.165) is 18.4 Å². The van der Waals surface area contributed by atoms with Crippen molar-refractivity contribution in [3.63, 3.8) is 0 Å². The largest absolute Gasteiger partial charge is 0.467 e. The van der Waals surface area contributed by atoms with Crippen LogP contribution < -0.4 is 11.1 Å². The SMILES string of the molecule is CCOP(=O)(OCC)C(C(=O)N[C@H]1C(=O)N(S(=O)(=O)O)[C@H]1C(=O)OC)c1csc(N)n1. The van der Waals surface area contributed by atoms with Crippen molar-refractivity contribution in [3.8, 4) is 0 Å². The smallest absolute Gasteiger partial charge is 0.363 e. The minimum atomic E-state index is -5.10. The summed E-state index contributed by atoms with van der Waals surface area (Å²) in [6, 6.07) is -3.59. The Morgan fingerprint density at radius 2 is 1.97 bits per heavy atom. The number of nitrogen functional groups attached to an aromatic ring is 1. The Hall–Kier alpha value is -2.10. The number of amides is 2. The first kappa shape index (κ1) is 25.2. The Labute approximate surface area is 181 Å². The van der Waals surface area contributed by atoms with Crippen LogP contribution in [0.4, 0.5) is 5.13 Å². The molecule has 1 aliphatic heterocycles. The molecule has 4 N–H and O–H groups in total. The van der Waals surface area contributed by atoms with Crippen LogP contribution in [0.2, 0.25) is 0 Å². The molecule has 2 rings (SSSR count). The second kappa shape index (κ2) is 9.58. The lowest BCUT2D eigenvalue weighted by atomic mass is 9.98. The third-order valence-corrected chi connectivity index (χ3v) is 8.01. The number of aromatic nitrogens is 1. The molecule has 1 fully saturated rings. The highest BCUT2D eigenvalue weighted by Crippen LogP contribution is 2.61. The molecule has 0 radical (unpaired) electrons. The first-order chi connectivity index (χ1) is 14.4. The number of ether oxygens (including phenoxy) is 1. The Kier molecular flexibility index (Phi) is 7.78. The molecule has 17 heteroatoms. The van der Waals surface area contributed by atoms with Gasteiger partial charge in [0.1, 0.15) is 6.04 Å². The molecule has 1 aromatic heterocycles. The molecule has 1 saturated heterocycles. The summed E-state index contributed by atoms with van der Waals surface area (Å²) in [5.41, 5.74) is 3.86. The number of nitrogens with two attached hydrogens (primary N) is 1. The summed E-state index contributed by atoms with van der Waals surface area (Å²) >= 11 is 0.947. The average molecular weight is 500 g/mol. The molecule has 0 spiro atoms. The fourth-order valence-corrected chi connectivity index (χ4v) is 6.29. The van der Waals surface area contributed by atoms with Crippen LogP contribution in [-0.2, 0) is 43.0 Å². The van der Waals surface area contributed by atoms with Gasteiger partial charge in [0.25, 0.3) is 5.91 Å². The second-order valence-electron chi connectivity index (χ2n) is 5.95. The van der Waals surface area contributed by atoms with Gasteiger partial charge in [-0.3, -0.25) is 18.7 Å². The van der Waals surface area contributed by atoms with Crippen LogP contribution in [0.3, 0.4) is 0 Å². The lowest BCUT2D eigenvalue weighted by molar-refractivity contribution is -0.162. The molecule has 0 aromatic carbocycles. The highest BCUT2D eigenvalue weighted by Gasteiger charge is 2.59. The topological polar surface area (TPSA) is 205 Å². The first-order valence-corrected chi connectivity index (χ1v) is 12.6. The van der Waals surface area contributed by atoms with Gasteiger partial charge < -0.3 is 24.8 Å². The van der Waals surface area contributed by atoms with Crippen LogP contribution in [0.25, 0.3) is 0 Å². The van der Waals surface area contributed by atoms with Gasteiger partial charge in [0, 0.05) is 5.38 Å². The number of rotatable bonds is 10. The van der Waals surface area contributed by atoms with E-state index >= 15 is 0 Å². The molecular weight excluding hydrogens is 479 g/mol. The Balaban J connectivity index is 2.42. The number of carbonyl (C=O) groups is 3. The van der Waals surface area contributed by atoms with Gasteiger partial charge in [-0.2, -0.15) is 12.7 Å². The number of methoxy groups -OCH3 is 1. The van der Waals surface area contributed by atoms with Gasteiger partial charge >= 0.3 is 23.9 Å². The van der Waals surface area contributed by atoms with E-state index in [2.05, 4.69) is 15.0 Å². The zero-order valence-corrected chi connectivity index (χ0v) is 19.1. The molecule has 174 valence electrons. The summed E-state index contributed by atoms with van der Waals surface area (Å²) in [5, 5.41) is 3.54. The van der Waals surface area contributed by atoms with E-state index in [4.69, 9.17) is 14.8 Å². The average Bonchev–Trinajstić information content (AvgIpc) is 3.08. The molecule has 1 aliphatic rings. The zero-order valence-electron chi connectivity index (χ0n) is 16.6. The van der Waals surface area contributed by atoms with Gasteiger partial charge in [0.05, 0.1) is 26.0 Å². The predicted molar refractivity (Wildman–Crippen MR) is 106 cm³/mol. The van der Waals surface area contributed by atoms with E-state index in [1.165, 1.54) is 19.2 Å². The normalized spacial score (nSPS) is 20.1. The number of esters is 1. The predicted octanol–water partition coefficient (Wildman–Crippen LogP) is -0.296. The third-order valence-electron chi connectivity index (χ3n) is 4.04. The molecule has 2 amide bonds. The van der Waals surface area contributed by atoms with Crippen molar-refractivity contribution in [2.24, 2.45) is 0 Å². The van der Waals surface area contributed by atoms with Crippen molar-refractivity contribution in [2.75, 3.05) is 26.1 Å². The highest BCUT2D eigenvalue weighted by atomic mass is 32.2. The van der Waals surface area contributed by atoms with E-state index in [0.29, 0.717) is 0 Å². The maximum absolute atomic E-state index is 13.3. The molecular formula is C14H21N4O10PS2. The molecule has 0 bridgehead atoms. The summed E-state index contributed by atoms with van der Waals surface area (Å²) in [4.78, 5) is 41.2. The van der Waals surface area contributed by atoms with Crippen LogP contribution in [0.15, 0.2) is 5.38 Å². The number of anilines is 1. The second-order valence-corrected chi connectivity index (χ2v) is 10.2. The van der Waals surface area contributed by atoms with E-state index in [-0.39, 0.29) is 28.3 Å². The Morgan fingerprint density at radius 1 is 1.39 bits per heavy atom. The lowest BCUT2D eigenvalue weighted by Gasteiger charge is -2.42. The van der Waals surface area contributed by atoms with Crippen LogP contribution in [0, 0.1) is 0 Å². The molecule has 0 aliphatic carbocycles. The van der Waals surface area contributed by atoms with Crippen LogP contribution >= 0.6 is 18.9 Å². The molecule has 31 heavy (non-hydrogen) atoms. The van der Waals surface area contributed by atoms with Gasteiger partial charge in [-0.05, 0) is 13.8 Å². The van der Waals surface area contributed by atoms with Crippen molar-refractivity contribution >= 4 is 52.2 Å². The molecule has 1 aromatic rings. The summed E-state index contributed by atoms with van der Waals surface area (Å²) in [6.45, 7) is 2.85.